The van der Waals surface area contributed by atoms with E-state index in [1.165, 1.54) is 0 Å². The molecule has 0 fully saturated rings. The molecule has 0 saturated heterocycles. The highest BCUT2D eigenvalue weighted by Gasteiger charge is 2.37. The number of alkyl halides is 6. The van der Waals surface area contributed by atoms with Crippen molar-refractivity contribution < 1.29 is 54.9 Å². The zero-order valence-corrected chi connectivity index (χ0v) is 15.5. The summed E-state index contributed by atoms with van der Waals surface area (Å²) in [6.07, 6.45) is -9.63. The third-order valence-electron chi connectivity index (χ3n) is 3.80. The summed E-state index contributed by atoms with van der Waals surface area (Å²) in [6.45, 7) is -2.82. The first-order valence-corrected chi connectivity index (χ1v) is 8.05. The van der Waals surface area contributed by atoms with E-state index in [-0.39, 0.29) is 0 Å². The minimum absolute atomic E-state index is 0.394. The van der Waals surface area contributed by atoms with Gasteiger partial charge in [0, 0.05) is 0 Å². The van der Waals surface area contributed by atoms with Gasteiger partial charge in [0.25, 0.3) is 0 Å². The van der Waals surface area contributed by atoms with Gasteiger partial charge in [-0.05, 0) is 18.2 Å². The zero-order valence-electron chi connectivity index (χ0n) is 15.5. The number of halogens is 6. The van der Waals surface area contributed by atoms with E-state index >= 15 is 0 Å². The Bertz CT molecular complexity index is 848. The maximum Gasteiger partial charge on any atom is 0.422 e. The van der Waals surface area contributed by atoms with Gasteiger partial charge >= 0.3 is 24.3 Å². The van der Waals surface area contributed by atoms with Crippen LogP contribution in [0.4, 0.5) is 32.0 Å². The topological polar surface area (TPSA) is 74.3 Å². The molecular weight excluding hydrogens is 428 g/mol. The van der Waals surface area contributed by atoms with Crippen LogP contribution in [0.1, 0.15) is 5.56 Å². The minimum Gasteiger partial charge on any atom is -0.482 e. The number of hydrogen-bond acceptors (Lipinski definition) is 7. The number of esters is 2. The van der Waals surface area contributed by atoms with Gasteiger partial charge in [0.15, 0.2) is 6.61 Å². The van der Waals surface area contributed by atoms with Crippen LogP contribution in [-0.2, 0) is 30.0 Å². The van der Waals surface area contributed by atoms with Crippen molar-refractivity contribution in [2.24, 2.45) is 0 Å². The number of hydrogen-bond donors (Lipinski definition) is 0. The monoisotopic (exact) mass is 443 g/mol. The molecule has 1 aromatic carbocycles. The lowest BCUT2D eigenvalue weighted by Crippen LogP contribution is -2.39. The van der Waals surface area contributed by atoms with E-state index in [0.717, 1.165) is 19.1 Å². The summed E-state index contributed by atoms with van der Waals surface area (Å²) in [5.41, 5.74) is -2.76. The fourth-order valence-corrected chi connectivity index (χ4v) is 2.52. The van der Waals surface area contributed by atoms with Gasteiger partial charge in [-0.2, -0.15) is 26.3 Å². The van der Waals surface area contributed by atoms with Crippen molar-refractivity contribution in [1.29, 1.82) is 0 Å². The summed E-state index contributed by atoms with van der Waals surface area (Å²) in [6, 6.07) is 1.66. The Balaban J connectivity index is 2.67. The lowest BCUT2D eigenvalue weighted by atomic mass is 10.1. The molecule has 1 aliphatic rings. The van der Waals surface area contributed by atoms with E-state index < -0.39 is 72.5 Å². The fourth-order valence-electron chi connectivity index (χ4n) is 2.52. The van der Waals surface area contributed by atoms with E-state index in [2.05, 4.69) is 14.2 Å². The fraction of sp³-hybridized carbons (Fsp3) is 0.412. The van der Waals surface area contributed by atoms with Gasteiger partial charge in [-0.3, -0.25) is 0 Å². The molecule has 0 amide bonds. The summed E-state index contributed by atoms with van der Waals surface area (Å²) in [4.78, 5) is 25.0. The van der Waals surface area contributed by atoms with E-state index in [1.807, 2.05) is 0 Å². The Kier molecular flexibility index (Phi) is 6.85. The highest BCUT2D eigenvalue weighted by atomic mass is 19.4. The summed E-state index contributed by atoms with van der Waals surface area (Å²) in [5, 5.41) is 0. The normalized spacial score (nSPS) is 15.1. The standard InChI is InChI=1S/C17H15F6NO6/c1-27-14(25)10-6-29-8-24(13(10)15(26)28-2)11-5-9(17(21,22)23)3-4-12(11)30-7-16(18,19)20/h3-5H,6-8H2,1-2H3. The molecule has 0 unspecified atom stereocenters. The Morgan fingerprint density at radius 1 is 1.07 bits per heavy atom. The molecule has 0 spiro atoms. The van der Waals surface area contributed by atoms with Gasteiger partial charge in [-0.25, -0.2) is 9.59 Å². The molecule has 1 heterocycles. The first-order valence-electron chi connectivity index (χ1n) is 8.05. The molecule has 2 rings (SSSR count). The van der Waals surface area contributed by atoms with Gasteiger partial charge in [0.2, 0.25) is 0 Å². The van der Waals surface area contributed by atoms with E-state index in [0.29, 0.717) is 18.2 Å². The van der Waals surface area contributed by atoms with Crippen LogP contribution in [-0.4, -0.2) is 52.3 Å². The lowest BCUT2D eigenvalue weighted by molar-refractivity contribution is -0.153. The third-order valence-corrected chi connectivity index (χ3v) is 3.80. The zero-order chi connectivity index (χ0) is 22.7. The van der Waals surface area contributed by atoms with Crippen molar-refractivity contribution in [1.82, 2.24) is 0 Å². The van der Waals surface area contributed by atoms with Gasteiger partial charge < -0.3 is 23.8 Å². The highest BCUT2D eigenvalue weighted by Crippen LogP contribution is 2.40. The van der Waals surface area contributed by atoms with Crippen molar-refractivity contribution in [3.8, 4) is 5.75 Å². The Morgan fingerprint density at radius 3 is 2.23 bits per heavy atom. The predicted molar refractivity (Wildman–Crippen MR) is 87.4 cm³/mol. The number of ether oxygens (including phenoxy) is 4. The van der Waals surface area contributed by atoms with Crippen LogP contribution in [0, 0.1) is 0 Å². The maximum atomic E-state index is 13.2. The summed E-state index contributed by atoms with van der Waals surface area (Å²) in [7, 11) is 1.94. The molecule has 7 nitrogen and oxygen atoms in total. The second-order valence-corrected chi connectivity index (χ2v) is 5.80. The Morgan fingerprint density at radius 2 is 1.70 bits per heavy atom. The van der Waals surface area contributed by atoms with Crippen molar-refractivity contribution >= 4 is 17.6 Å². The average Bonchev–Trinajstić information content (AvgIpc) is 2.69. The minimum atomic E-state index is -4.85. The first-order chi connectivity index (χ1) is 13.9. The van der Waals surface area contributed by atoms with E-state index in [1.54, 1.807) is 0 Å². The van der Waals surface area contributed by atoms with Crippen LogP contribution < -0.4 is 9.64 Å². The molecule has 0 bridgehead atoms. The average molecular weight is 443 g/mol. The quantitative estimate of drug-likeness (QED) is 0.512. The van der Waals surface area contributed by atoms with Crippen molar-refractivity contribution in [2.75, 3.05) is 39.1 Å². The van der Waals surface area contributed by atoms with Crippen molar-refractivity contribution in [3.63, 3.8) is 0 Å². The van der Waals surface area contributed by atoms with Gasteiger partial charge in [0.1, 0.15) is 18.2 Å². The van der Waals surface area contributed by atoms with Crippen LogP contribution in [0.15, 0.2) is 29.5 Å². The predicted octanol–water partition coefficient (Wildman–Crippen LogP) is 3.04. The van der Waals surface area contributed by atoms with Crippen LogP contribution >= 0.6 is 0 Å². The Labute approximate surface area is 165 Å². The van der Waals surface area contributed by atoms with Crippen LogP contribution in [0.3, 0.4) is 0 Å². The maximum absolute atomic E-state index is 13.2. The van der Waals surface area contributed by atoms with E-state index in [9.17, 15) is 35.9 Å². The first kappa shape index (κ1) is 23.3. The number of rotatable bonds is 5. The second-order valence-electron chi connectivity index (χ2n) is 5.80. The highest BCUT2D eigenvalue weighted by molar-refractivity contribution is 6.03. The SMILES string of the molecule is COC(=O)C1=C(C(=O)OC)N(c2cc(C(F)(F)F)ccc2OCC(F)(F)F)COC1. The molecule has 0 radical (unpaired) electrons. The molecular formula is C17H15F6NO6. The van der Waals surface area contributed by atoms with E-state index in [4.69, 9.17) is 4.74 Å². The number of nitrogens with zero attached hydrogens (tertiary/aromatic N) is 1. The Hall–Kier alpha value is -2.96. The largest absolute Gasteiger partial charge is 0.482 e. The van der Waals surface area contributed by atoms with Crippen LogP contribution in [0.5, 0.6) is 5.75 Å². The molecule has 0 aliphatic carbocycles. The molecule has 0 atom stereocenters. The summed E-state index contributed by atoms with van der Waals surface area (Å²) in [5.74, 6) is -2.81. The summed E-state index contributed by atoms with van der Waals surface area (Å²) < 4.78 is 96.1. The number of methoxy groups -OCH3 is 2. The van der Waals surface area contributed by atoms with Crippen molar-refractivity contribution in [3.05, 3.63) is 35.0 Å². The molecule has 0 aromatic heterocycles. The molecule has 30 heavy (non-hydrogen) atoms. The second kappa shape index (κ2) is 8.81. The number of anilines is 1. The lowest BCUT2D eigenvalue weighted by Gasteiger charge is -2.32. The molecule has 1 aromatic rings. The third kappa shape index (κ3) is 5.34. The molecule has 13 heteroatoms. The molecule has 1 aliphatic heterocycles. The molecule has 166 valence electrons. The molecule has 0 saturated carbocycles. The van der Waals surface area contributed by atoms with Crippen LogP contribution in [0.2, 0.25) is 0 Å². The number of carbonyl (C=O) groups excluding carboxylic acids is 2. The smallest absolute Gasteiger partial charge is 0.422 e. The van der Waals surface area contributed by atoms with Gasteiger partial charge in [-0.1, -0.05) is 0 Å². The van der Waals surface area contributed by atoms with Gasteiger partial charge in [0.05, 0.1) is 37.7 Å². The number of carbonyl (C=O) groups is 2. The number of benzene rings is 1. The van der Waals surface area contributed by atoms with Crippen molar-refractivity contribution in [2.45, 2.75) is 12.4 Å². The van der Waals surface area contributed by atoms with Crippen LogP contribution in [0.25, 0.3) is 0 Å². The van der Waals surface area contributed by atoms with Gasteiger partial charge in [-0.15, -0.1) is 0 Å². The molecule has 0 N–H and O–H groups in total. The summed E-state index contributed by atoms with van der Waals surface area (Å²) >= 11 is 0.